The van der Waals surface area contributed by atoms with Crippen molar-refractivity contribution >= 4 is 18.0 Å². The molecular weight excluding hydrogens is 369 g/mol. The number of imidazole rings is 1. The van der Waals surface area contributed by atoms with Gasteiger partial charge in [0.1, 0.15) is 5.82 Å². The number of aryl methyl sites for hydroxylation is 1. The Hall–Kier alpha value is -3.36. The predicted octanol–water partition coefficient (Wildman–Crippen LogP) is 3.80. The van der Waals surface area contributed by atoms with E-state index in [4.69, 9.17) is 5.73 Å². The van der Waals surface area contributed by atoms with Crippen LogP contribution in [-0.2, 0) is 6.18 Å². The van der Waals surface area contributed by atoms with Crippen LogP contribution < -0.4 is 10.6 Å². The molecule has 3 aromatic rings. The topological polar surface area (TPSA) is 72.3 Å². The van der Waals surface area contributed by atoms with Crippen molar-refractivity contribution < 1.29 is 13.2 Å². The van der Waals surface area contributed by atoms with Crippen molar-refractivity contribution in [3.8, 4) is 11.3 Å². The van der Waals surface area contributed by atoms with Gasteiger partial charge in [0.05, 0.1) is 29.4 Å². The van der Waals surface area contributed by atoms with E-state index in [1.807, 2.05) is 0 Å². The standard InChI is InChI=1S/C19H19F3N6/c1-12-11-28(18(23)25-12)24-10-13-5-4-6-14(7-13)16-8-15(19(20,21)22)9-17(26-16)27(2)3/h4-11H,1-3H3,(H2,23,25). The highest BCUT2D eigenvalue weighted by atomic mass is 19.4. The van der Waals surface area contributed by atoms with E-state index in [0.29, 0.717) is 11.1 Å². The van der Waals surface area contributed by atoms with Crippen LogP contribution in [0.1, 0.15) is 16.8 Å². The molecule has 0 bridgehead atoms. The Morgan fingerprint density at radius 3 is 2.50 bits per heavy atom. The Kier molecular flexibility index (Phi) is 5.08. The number of pyridine rings is 1. The molecule has 0 aliphatic carbocycles. The van der Waals surface area contributed by atoms with Gasteiger partial charge in [0, 0.05) is 19.7 Å². The van der Waals surface area contributed by atoms with Crippen LogP contribution in [0.15, 0.2) is 47.7 Å². The van der Waals surface area contributed by atoms with Gasteiger partial charge in [-0.05, 0) is 30.7 Å². The highest BCUT2D eigenvalue weighted by molar-refractivity contribution is 5.82. The molecule has 0 atom stereocenters. The summed E-state index contributed by atoms with van der Waals surface area (Å²) >= 11 is 0. The van der Waals surface area contributed by atoms with Gasteiger partial charge in [0.15, 0.2) is 0 Å². The average Bonchev–Trinajstić information content (AvgIpc) is 2.96. The molecule has 2 heterocycles. The van der Waals surface area contributed by atoms with Crippen molar-refractivity contribution in [1.82, 2.24) is 14.6 Å². The molecule has 2 N–H and O–H groups in total. The minimum atomic E-state index is -4.46. The maximum Gasteiger partial charge on any atom is 0.416 e. The van der Waals surface area contributed by atoms with E-state index in [9.17, 15) is 13.2 Å². The number of anilines is 2. The number of nitrogens with zero attached hydrogens (tertiary/aromatic N) is 5. The number of nitrogens with two attached hydrogens (primary N) is 1. The Labute approximate surface area is 160 Å². The van der Waals surface area contributed by atoms with Gasteiger partial charge >= 0.3 is 6.18 Å². The first-order valence-electron chi connectivity index (χ1n) is 8.36. The number of alkyl halides is 3. The molecule has 28 heavy (non-hydrogen) atoms. The highest BCUT2D eigenvalue weighted by Gasteiger charge is 2.32. The number of benzene rings is 1. The van der Waals surface area contributed by atoms with Crippen LogP contribution in [-0.4, -0.2) is 35.0 Å². The van der Waals surface area contributed by atoms with Gasteiger partial charge < -0.3 is 10.6 Å². The third-order valence-corrected chi connectivity index (χ3v) is 3.95. The molecule has 0 unspecified atom stereocenters. The largest absolute Gasteiger partial charge is 0.416 e. The number of halogens is 3. The third kappa shape index (κ3) is 4.30. The summed E-state index contributed by atoms with van der Waals surface area (Å²) in [6.07, 6.45) is -1.23. The summed E-state index contributed by atoms with van der Waals surface area (Å²) in [5.41, 5.74) is 7.19. The molecule has 0 radical (unpaired) electrons. The zero-order valence-corrected chi connectivity index (χ0v) is 15.6. The molecular formula is C19H19F3N6. The van der Waals surface area contributed by atoms with Gasteiger partial charge in [-0.1, -0.05) is 18.2 Å². The summed E-state index contributed by atoms with van der Waals surface area (Å²) in [5, 5.41) is 4.23. The molecule has 146 valence electrons. The first kappa shape index (κ1) is 19.4. The van der Waals surface area contributed by atoms with Gasteiger partial charge in [-0.25, -0.2) is 14.6 Å². The second-order valence-corrected chi connectivity index (χ2v) is 6.45. The van der Waals surface area contributed by atoms with E-state index >= 15 is 0 Å². The van der Waals surface area contributed by atoms with Crippen LogP contribution >= 0.6 is 0 Å². The van der Waals surface area contributed by atoms with Crippen molar-refractivity contribution in [3.63, 3.8) is 0 Å². The number of aromatic nitrogens is 3. The lowest BCUT2D eigenvalue weighted by molar-refractivity contribution is -0.137. The molecule has 6 nitrogen and oxygen atoms in total. The van der Waals surface area contributed by atoms with Crippen LogP contribution in [0.5, 0.6) is 0 Å². The fourth-order valence-electron chi connectivity index (χ4n) is 2.56. The first-order chi connectivity index (χ1) is 13.1. The van der Waals surface area contributed by atoms with Crippen molar-refractivity contribution in [3.05, 3.63) is 59.4 Å². The SMILES string of the molecule is Cc1cn(N=Cc2cccc(-c3cc(C(F)(F)F)cc(N(C)C)n3)c2)c(N)n1. The van der Waals surface area contributed by atoms with E-state index in [1.54, 1.807) is 57.7 Å². The lowest BCUT2D eigenvalue weighted by atomic mass is 10.1. The zero-order chi connectivity index (χ0) is 20.5. The number of hydrogen-bond donors (Lipinski definition) is 1. The normalized spacial score (nSPS) is 11.9. The Bertz CT molecular complexity index is 1020. The molecule has 0 spiro atoms. The van der Waals surface area contributed by atoms with Crippen LogP contribution in [0.4, 0.5) is 24.9 Å². The minimum absolute atomic E-state index is 0.227. The Morgan fingerprint density at radius 1 is 1.14 bits per heavy atom. The van der Waals surface area contributed by atoms with Crippen LogP contribution in [0.3, 0.4) is 0 Å². The molecule has 0 aliphatic heterocycles. The smallest absolute Gasteiger partial charge is 0.368 e. The lowest BCUT2D eigenvalue weighted by Crippen LogP contribution is -2.14. The van der Waals surface area contributed by atoms with Crippen LogP contribution in [0.2, 0.25) is 0 Å². The molecule has 1 aromatic carbocycles. The van der Waals surface area contributed by atoms with E-state index in [2.05, 4.69) is 15.1 Å². The fraction of sp³-hybridized carbons (Fsp3) is 0.211. The van der Waals surface area contributed by atoms with Crippen LogP contribution in [0, 0.1) is 6.92 Å². The summed E-state index contributed by atoms with van der Waals surface area (Å²) in [6.45, 7) is 1.80. The van der Waals surface area contributed by atoms with E-state index in [-0.39, 0.29) is 17.5 Å². The predicted molar refractivity (Wildman–Crippen MR) is 103 cm³/mol. The molecule has 9 heteroatoms. The minimum Gasteiger partial charge on any atom is -0.368 e. The second kappa shape index (κ2) is 7.34. The van der Waals surface area contributed by atoms with Crippen molar-refractivity contribution in [2.24, 2.45) is 5.10 Å². The molecule has 0 fully saturated rings. The molecule has 0 amide bonds. The first-order valence-corrected chi connectivity index (χ1v) is 8.36. The molecule has 0 aliphatic rings. The summed E-state index contributed by atoms with van der Waals surface area (Å²) < 4.78 is 41.2. The van der Waals surface area contributed by atoms with E-state index in [1.165, 1.54) is 9.58 Å². The van der Waals surface area contributed by atoms with Crippen molar-refractivity contribution in [2.75, 3.05) is 24.7 Å². The fourth-order valence-corrected chi connectivity index (χ4v) is 2.56. The van der Waals surface area contributed by atoms with Gasteiger partial charge in [-0.3, -0.25) is 0 Å². The van der Waals surface area contributed by atoms with Gasteiger partial charge in [-0.15, -0.1) is 0 Å². The Morgan fingerprint density at radius 2 is 1.89 bits per heavy atom. The Balaban J connectivity index is 1.99. The van der Waals surface area contributed by atoms with Crippen molar-refractivity contribution in [1.29, 1.82) is 0 Å². The monoisotopic (exact) mass is 388 g/mol. The summed E-state index contributed by atoms with van der Waals surface area (Å²) in [4.78, 5) is 9.93. The summed E-state index contributed by atoms with van der Waals surface area (Å²) in [7, 11) is 3.29. The number of nitrogen functional groups attached to an aromatic ring is 1. The lowest BCUT2D eigenvalue weighted by Gasteiger charge is -2.16. The molecule has 0 saturated heterocycles. The van der Waals surface area contributed by atoms with Gasteiger partial charge in [0.25, 0.3) is 0 Å². The maximum absolute atomic E-state index is 13.3. The molecule has 3 rings (SSSR count). The highest BCUT2D eigenvalue weighted by Crippen LogP contribution is 2.34. The van der Waals surface area contributed by atoms with Gasteiger partial charge in [-0.2, -0.15) is 18.3 Å². The average molecular weight is 388 g/mol. The van der Waals surface area contributed by atoms with Gasteiger partial charge in [0.2, 0.25) is 5.95 Å². The van der Waals surface area contributed by atoms with Crippen molar-refractivity contribution in [2.45, 2.75) is 13.1 Å². The van der Waals surface area contributed by atoms with E-state index in [0.717, 1.165) is 17.8 Å². The summed E-state index contributed by atoms with van der Waals surface area (Å²) in [6, 6.07) is 9.00. The zero-order valence-electron chi connectivity index (χ0n) is 15.6. The number of hydrogen-bond acceptors (Lipinski definition) is 5. The number of rotatable bonds is 4. The second-order valence-electron chi connectivity index (χ2n) is 6.45. The summed E-state index contributed by atoms with van der Waals surface area (Å²) in [5.74, 6) is 0.477. The quantitative estimate of drug-likeness (QED) is 0.690. The molecule has 0 saturated carbocycles. The molecule has 2 aromatic heterocycles. The van der Waals surface area contributed by atoms with Crippen LogP contribution in [0.25, 0.3) is 11.3 Å². The maximum atomic E-state index is 13.3. The van der Waals surface area contributed by atoms with E-state index < -0.39 is 11.7 Å². The third-order valence-electron chi connectivity index (χ3n) is 3.95.